The van der Waals surface area contributed by atoms with Crippen molar-refractivity contribution in [1.29, 1.82) is 0 Å². The van der Waals surface area contributed by atoms with Gasteiger partial charge in [0, 0.05) is 30.3 Å². The first kappa shape index (κ1) is 27.7. The molecule has 3 aliphatic rings. The molecule has 3 aliphatic carbocycles. The van der Waals surface area contributed by atoms with Crippen molar-refractivity contribution in [2.75, 3.05) is 22.9 Å². The van der Waals surface area contributed by atoms with Crippen LogP contribution in [0.25, 0.3) is 20.8 Å². The summed E-state index contributed by atoms with van der Waals surface area (Å²) < 4.78 is 25.7. The maximum Gasteiger partial charge on any atom is 0.224 e. The van der Waals surface area contributed by atoms with E-state index in [2.05, 4.69) is 15.6 Å². The number of fused-ring (bicyclic) bond motifs is 1. The van der Waals surface area contributed by atoms with E-state index in [0.29, 0.717) is 23.6 Å². The molecule has 12 heteroatoms. The van der Waals surface area contributed by atoms with Gasteiger partial charge in [-0.05, 0) is 64.9 Å². The molecule has 3 saturated carbocycles. The minimum atomic E-state index is -3.48. The van der Waals surface area contributed by atoms with Crippen molar-refractivity contribution >= 4 is 43.2 Å². The Kier molecular flexibility index (Phi) is 7.04. The van der Waals surface area contributed by atoms with Crippen LogP contribution in [0, 0.1) is 18.8 Å². The fraction of sp³-hybridized carbons (Fsp3) is 0.643. The van der Waals surface area contributed by atoms with Gasteiger partial charge in [0.15, 0.2) is 9.84 Å². The molecule has 0 unspecified atom stereocenters. The zero-order chi connectivity index (χ0) is 28.4. The molecule has 3 aromatic rings. The van der Waals surface area contributed by atoms with Gasteiger partial charge < -0.3 is 20.8 Å². The molecule has 0 saturated heterocycles. The zero-order valence-electron chi connectivity index (χ0n) is 23.4. The highest BCUT2D eigenvalue weighted by Crippen LogP contribution is 2.45. The molecule has 4 N–H and O–H groups in total. The third-order valence-corrected chi connectivity index (χ3v) is 12.6. The summed E-state index contributed by atoms with van der Waals surface area (Å²) in [6, 6.07) is 1.38. The number of nitrogens with zero attached hydrogens (tertiary/aromatic N) is 4. The highest BCUT2D eigenvalue weighted by Gasteiger charge is 2.53. The van der Waals surface area contributed by atoms with Crippen LogP contribution in [0.5, 0.6) is 0 Å². The van der Waals surface area contributed by atoms with E-state index in [9.17, 15) is 18.6 Å². The maximum atomic E-state index is 12.9. The average Bonchev–Trinajstić information content (AvgIpc) is 3.85. The molecule has 0 aromatic carbocycles. The molecular formula is C28H38N6O4S2. The maximum absolute atomic E-state index is 12.9. The lowest BCUT2D eigenvalue weighted by molar-refractivity contribution is 0.0105. The van der Waals surface area contributed by atoms with E-state index < -0.39 is 38.8 Å². The molecule has 4 atom stereocenters. The van der Waals surface area contributed by atoms with Crippen molar-refractivity contribution in [3.05, 3.63) is 23.7 Å². The predicted octanol–water partition coefficient (Wildman–Crippen LogP) is 3.89. The molecule has 10 nitrogen and oxygen atoms in total. The van der Waals surface area contributed by atoms with Crippen molar-refractivity contribution < 1.29 is 18.6 Å². The van der Waals surface area contributed by atoms with E-state index in [1.54, 1.807) is 32.1 Å². The molecule has 0 spiro atoms. The number of aliphatic hydroxyl groups excluding tert-OH is 2. The molecule has 0 bridgehead atoms. The smallest absolute Gasteiger partial charge is 0.224 e. The van der Waals surface area contributed by atoms with Crippen molar-refractivity contribution in [3.63, 3.8) is 0 Å². The summed E-state index contributed by atoms with van der Waals surface area (Å²) in [6.07, 6.45) is 4.41. The molecule has 6 rings (SSSR count). The topological polar surface area (TPSA) is 150 Å². The van der Waals surface area contributed by atoms with Gasteiger partial charge in [0.1, 0.15) is 22.4 Å². The lowest BCUT2D eigenvalue weighted by Gasteiger charge is -2.33. The summed E-state index contributed by atoms with van der Waals surface area (Å²) in [7, 11) is -3.48. The summed E-state index contributed by atoms with van der Waals surface area (Å²) in [4.78, 5) is 19.2. The van der Waals surface area contributed by atoms with Crippen LogP contribution in [0.4, 0.5) is 11.8 Å². The lowest BCUT2D eigenvalue weighted by atomic mass is 9.91. The Hall–Kier alpha value is -2.41. The normalized spacial score (nSPS) is 25.4. The third kappa shape index (κ3) is 4.97. The fourth-order valence-corrected chi connectivity index (χ4v) is 8.36. The van der Waals surface area contributed by atoms with Gasteiger partial charge >= 0.3 is 0 Å². The largest absolute Gasteiger partial charge is 0.390 e. The number of hydrogen-bond acceptors (Lipinski definition) is 11. The molecule has 40 heavy (non-hydrogen) atoms. The van der Waals surface area contributed by atoms with Crippen LogP contribution in [0.3, 0.4) is 0 Å². The SMILES string of the molecule is CCS(=O)(=O)C(C)(C)[C@H]1C[C@@H](Nc2nc(NCC3CC3)nc(C)c2-c2nc3c(C4CC4)nccc3s2)[C@H](O)[C@@H]1O. The number of anilines is 2. The molecule has 0 radical (unpaired) electrons. The standard InChI is InChI=1S/C28H38N6O4S2/c1-5-40(37,38)28(3,4)17-12-18(24(36)23(17)35)32-25-20(14(2)31-27(34-25)30-13-15-6-7-15)26-33-22-19(39-26)10-11-29-21(22)16-8-9-16/h10-11,15-18,23-24,35-36H,5-9,12-13H2,1-4H3,(H2,30,31,32,34)/t17-,18+,23+,24-/m0/s1. The summed E-state index contributed by atoms with van der Waals surface area (Å²) in [5.74, 6) is 1.43. The van der Waals surface area contributed by atoms with E-state index >= 15 is 0 Å². The summed E-state index contributed by atoms with van der Waals surface area (Å²) in [5, 5.41) is 29.6. The van der Waals surface area contributed by atoms with Crippen LogP contribution < -0.4 is 10.6 Å². The minimum absolute atomic E-state index is 0.0298. The van der Waals surface area contributed by atoms with Crippen LogP contribution in [0.2, 0.25) is 0 Å². The zero-order valence-corrected chi connectivity index (χ0v) is 25.0. The number of aromatic nitrogens is 4. The number of hydrogen-bond donors (Lipinski definition) is 4. The Morgan fingerprint density at radius 3 is 2.52 bits per heavy atom. The van der Waals surface area contributed by atoms with Crippen LogP contribution in [-0.4, -0.2) is 73.9 Å². The summed E-state index contributed by atoms with van der Waals surface area (Å²) in [5.41, 5.74) is 3.43. The highest BCUT2D eigenvalue weighted by molar-refractivity contribution is 7.92. The van der Waals surface area contributed by atoms with Crippen LogP contribution in [0.15, 0.2) is 12.3 Å². The van der Waals surface area contributed by atoms with Gasteiger partial charge in [0.25, 0.3) is 0 Å². The van der Waals surface area contributed by atoms with E-state index in [-0.39, 0.29) is 12.2 Å². The van der Waals surface area contributed by atoms with Crippen molar-refractivity contribution in [1.82, 2.24) is 19.9 Å². The molecule has 3 fully saturated rings. The van der Waals surface area contributed by atoms with Gasteiger partial charge in [0.05, 0.1) is 38.5 Å². The number of aryl methyl sites for hydroxylation is 1. The Balaban J connectivity index is 1.37. The second-order valence-corrected chi connectivity index (χ2v) is 16.0. The number of rotatable bonds is 10. The molecule has 0 amide bonds. The van der Waals surface area contributed by atoms with E-state index in [4.69, 9.17) is 15.0 Å². The lowest BCUT2D eigenvalue weighted by Crippen LogP contribution is -2.46. The van der Waals surface area contributed by atoms with Gasteiger partial charge in [-0.25, -0.2) is 18.4 Å². The summed E-state index contributed by atoms with van der Waals surface area (Å²) >= 11 is 1.56. The molecule has 216 valence electrons. The Labute approximate surface area is 239 Å². The molecular weight excluding hydrogens is 548 g/mol. The average molecular weight is 587 g/mol. The molecule has 3 heterocycles. The quantitative estimate of drug-likeness (QED) is 0.275. The third-order valence-electron chi connectivity index (χ3n) is 8.93. The number of nitrogens with one attached hydrogen (secondary N) is 2. The van der Waals surface area contributed by atoms with Crippen molar-refractivity contribution in [2.45, 2.75) is 88.7 Å². The fourth-order valence-electron chi connectivity index (χ4n) is 5.85. The van der Waals surface area contributed by atoms with E-state index in [1.807, 2.05) is 19.2 Å². The Bertz CT molecular complexity index is 1530. The first-order valence-electron chi connectivity index (χ1n) is 14.2. The Morgan fingerprint density at radius 1 is 1.10 bits per heavy atom. The first-order valence-corrected chi connectivity index (χ1v) is 16.7. The van der Waals surface area contributed by atoms with Gasteiger partial charge in [-0.15, -0.1) is 11.3 Å². The van der Waals surface area contributed by atoms with E-state index in [1.165, 1.54) is 12.8 Å². The second-order valence-electron chi connectivity index (χ2n) is 12.1. The minimum Gasteiger partial charge on any atom is -0.390 e. The number of pyridine rings is 1. The number of sulfone groups is 1. The summed E-state index contributed by atoms with van der Waals surface area (Å²) in [6.45, 7) is 7.62. The second kappa shape index (κ2) is 10.1. The van der Waals surface area contributed by atoms with Crippen LogP contribution in [-0.2, 0) is 9.84 Å². The number of thiazole rings is 1. The predicted molar refractivity (Wildman–Crippen MR) is 157 cm³/mol. The van der Waals surface area contributed by atoms with Gasteiger partial charge in [0.2, 0.25) is 5.95 Å². The molecule has 3 aromatic heterocycles. The van der Waals surface area contributed by atoms with Gasteiger partial charge in [-0.3, -0.25) is 4.98 Å². The van der Waals surface area contributed by atoms with Crippen molar-refractivity contribution in [2.24, 2.45) is 11.8 Å². The highest BCUT2D eigenvalue weighted by atomic mass is 32.2. The van der Waals surface area contributed by atoms with Gasteiger partial charge in [-0.2, -0.15) is 4.98 Å². The number of aliphatic hydroxyl groups is 2. The Morgan fingerprint density at radius 2 is 1.85 bits per heavy atom. The molecule has 0 aliphatic heterocycles. The van der Waals surface area contributed by atoms with E-state index in [0.717, 1.165) is 51.6 Å². The van der Waals surface area contributed by atoms with Crippen LogP contribution in [0.1, 0.15) is 70.2 Å². The van der Waals surface area contributed by atoms with Crippen molar-refractivity contribution in [3.8, 4) is 10.6 Å². The first-order chi connectivity index (χ1) is 19.0. The van der Waals surface area contributed by atoms with Gasteiger partial charge in [-0.1, -0.05) is 6.92 Å². The van der Waals surface area contributed by atoms with Crippen LogP contribution >= 0.6 is 11.3 Å². The monoisotopic (exact) mass is 586 g/mol.